The molecular formula is C16H14F2N2O4. The van der Waals surface area contributed by atoms with Crippen molar-refractivity contribution >= 4 is 5.97 Å². The van der Waals surface area contributed by atoms with Crippen LogP contribution in [0.1, 0.15) is 25.3 Å². The summed E-state index contributed by atoms with van der Waals surface area (Å²) in [5, 5.41) is 19.3. The van der Waals surface area contributed by atoms with Crippen LogP contribution in [0.25, 0.3) is 0 Å². The van der Waals surface area contributed by atoms with Gasteiger partial charge in [0.1, 0.15) is 23.2 Å². The van der Waals surface area contributed by atoms with E-state index in [-0.39, 0.29) is 29.4 Å². The lowest BCUT2D eigenvalue weighted by molar-refractivity contribution is -0.139. The molecule has 6 nitrogen and oxygen atoms in total. The zero-order valence-electron chi connectivity index (χ0n) is 12.9. The first-order valence-electron chi connectivity index (χ1n) is 6.95. The van der Waals surface area contributed by atoms with Crippen LogP contribution in [0, 0.1) is 23.0 Å². The number of nitrogens with zero attached hydrogens (tertiary/aromatic N) is 1. The van der Waals surface area contributed by atoms with Crippen LogP contribution in [0.15, 0.2) is 34.9 Å². The Labute approximate surface area is 136 Å². The number of halogens is 2. The number of ether oxygens (including phenoxy) is 2. The number of carbonyl (C=O) groups is 1. The summed E-state index contributed by atoms with van der Waals surface area (Å²) in [6.45, 7) is 2.94. The molecule has 0 saturated carbocycles. The average molecular weight is 336 g/mol. The molecule has 1 unspecified atom stereocenters. The monoisotopic (exact) mass is 336 g/mol. The number of carbonyl (C=O) groups excluding carboxylic acids is 1. The van der Waals surface area contributed by atoms with E-state index < -0.39 is 34.8 Å². The summed E-state index contributed by atoms with van der Waals surface area (Å²) < 4.78 is 38.0. The van der Waals surface area contributed by atoms with Crippen LogP contribution in [0.5, 0.6) is 5.75 Å². The largest absolute Gasteiger partial charge is 0.508 e. The van der Waals surface area contributed by atoms with E-state index in [9.17, 15) is 23.9 Å². The van der Waals surface area contributed by atoms with Crippen molar-refractivity contribution in [2.24, 2.45) is 5.73 Å². The molecule has 0 aromatic heterocycles. The Balaban J connectivity index is 2.77. The molecule has 0 spiro atoms. The maximum absolute atomic E-state index is 14.3. The summed E-state index contributed by atoms with van der Waals surface area (Å²) in [7, 11) is 0. The number of nitrogens with two attached hydrogens (primary N) is 1. The minimum atomic E-state index is -1.45. The minimum Gasteiger partial charge on any atom is -0.508 e. The molecule has 0 bridgehead atoms. The molecule has 2 rings (SSSR count). The van der Waals surface area contributed by atoms with E-state index in [1.165, 1.54) is 6.92 Å². The highest BCUT2D eigenvalue weighted by Crippen LogP contribution is 2.44. The zero-order chi connectivity index (χ0) is 18.0. The number of phenolic OH excluding ortho intramolecular Hbond substituents is 1. The van der Waals surface area contributed by atoms with Crippen molar-refractivity contribution in [3.05, 3.63) is 52.1 Å². The van der Waals surface area contributed by atoms with Gasteiger partial charge in [-0.1, -0.05) is 0 Å². The Morgan fingerprint density at radius 2 is 2.17 bits per heavy atom. The summed E-state index contributed by atoms with van der Waals surface area (Å²) >= 11 is 0. The van der Waals surface area contributed by atoms with Crippen LogP contribution in [0.3, 0.4) is 0 Å². The molecule has 0 aliphatic carbocycles. The molecule has 0 radical (unpaired) electrons. The van der Waals surface area contributed by atoms with Crippen molar-refractivity contribution in [3.8, 4) is 11.8 Å². The fourth-order valence-electron chi connectivity index (χ4n) is 2.47. The van der Waals surface area contributed by atoms with Gasteiger partial charge in [-0.25, -0.2) is 13.6 Å². The van der Waals surface area contributed by atoms with Gasteiger partial charge < -0.3 is 20.3 Å². The predicted molar refractivity (Wildman–Crippen MR) is 78.0 cm³/mol. The summed E-state index contributed by atoms with van der Waals surface area (Å²) in [4.78, 5) is 12.2. The second kappa shape index (κ2) is 6.58. The number of esters is 1. The quantitative estimate of drug-likeness (QED) is 0.821. The van der Waals surface area contributed by atoms with Crippen molar-refractivity contribution in [1.29, 1.82) is 5.26 Å². The third-order valence-electron chi connectivity index (χ3n) is 3.50. The van der Waals surface area contributed by atoms with Gasteiger partial charge in [-0.05, 0) is 26.0 Å². The smallest absolute Gasteiger partial charge is 0.338 e. The number of rotatable bonds is 3. The van der Waals surface area contributed by atoms with E-state index in [1.54, 1.807) is 13.0 Å². The number of benzene rings is 1. The topological polar surface area (TPSA) is 106 Å². The fraction of sp³-hybridized carbons (Fsp3) is 0.250. The van der Waals surface area contributed by atoms with Gasteiger partial charge in [-0.15, -0.1) is 0 Å². The second-order valence-electron chi connectivity index (χ2n) is 4.91. The second-order valence-corrected chi connectivity index (χ2v) is 4.91. The lowest BCUT2D eigenvalue weighted by Crippen LogP contribution is -2.26. The standard InChI is InChI=1S/C16H14F2N2O4/c1-3-23-16(22)11-7(2)24-15(20)8(6-19)12(11)13-10(21)5-4-9(17)14(13)18/h4-5,12,21H,3,20H2,1-2H3. The average Bonchev–Trinajstić information content (AvgIpc) is 2.51. The fourth-order valence-corrected chi connectivity index (χ4v) is 2.47. The molecule has 126 valence electrons. The highest BCUT2D eigenvalue weighted by molar-refractivity contribution is 5.92. The van der Waals surface area contributed by atoms with Gasteiger partial charge in [0.15, 0.2) is 11.6 Å². The highest BCUT2D eigenvalue weighted by atomic mass is 19.2. The van der Waals surface area contributed by atoms with Crippen molar-refractivity contribution in [2.75, 3.05) is 6.61 Å². The van der Waals surface area contributed by atoms with Crippen molar-refractivity contribution in [2.45, 2.75) is 19.8 Å². The molecule has 1 heterocycles. The van der Waals surface area contributed by atoms with Crippen molar-refractivity contribution in [1.82, 2.24) is 0 Å². The van der Waals surface area contributed by atoms with E-state index in [0.717, 1.165) is 12.1 Å². The molecule has 0 amide bonds. The lowest BCUT2D eigenvalue weighted by Gasteiger charge is -2.27. The van der Waals surface area contributed by atoms with Gasteiger partial charge in [-0.2, -0.15) is 5.26 Å². The van der Waals surface area contributed by atoms with Gasteiger partial charge in [0.2, 0.25) is 5.88 Å². The van der Waals surface area contributed by atoms with Crippen LogP contribution in [-0.4, -0.2) is 17.7 Å². The molecule has 1 aliphatic heterocycles. The van der Waals surface area contributed by atoms with Gasteiger partial charge in [0.05, 0.1) is 18.1 Å². The Kier molecular flexibility index (Phi) is 4.74. The molecule has 1 aromatic rings. The van der Waals surface area contributed by atoms with Crippen LogP contribution in [0.4, 0.5) is 8.78 Å². The summed E-state index contributed by atoms with van der Waals surface area (Å²) in [6.07, 6.45) is 0. The maximum atomic E-state index is 14.3. The molecule has 1 aliphatic rings. The van der Waals surface area contributed by atoms with Gasteiger partial charge in [0.25, 0.3) is 0 Å². The van der Waals surface area contributed by atoms with E-state index in [1.807, 2.05) is 0 Å². The maximum Gasteiger partial charge on any atom is 0.338 e. The molecular weight excluding hydrogens is 322 g/mol. The number of aromatic hydroxyl groups is 1. The van der Waals surface area contributed by atoms with E-state index in [4.69, 9.17) is 15.2 Å². The first-order chi connectivity index (χ1) is 11.3. The number of allylic oxidation sites excluding steroid dienone is 2. The Bertz CT molecular complexity index is 809. The lowest BCUT2D eigenvalue weighted by atomic mass is 9.82. The molecule has 1 aromatic carbocycles. The Morgan fingerprint density at radius 1 is 1.50 bits per heavy atom. The van der Waals surface area contributed by atoms with Crippen molar-refractivity contribution < 1.29 is 28.2 Å². The summed E-state index contributed by atoms with van der Waals surface area (Å²) in [5.41, 5.74) is 4.49. The van der Waals surface area contributed by atoms with Crippen molar-refractivity contribution in [3.63, 3.8) is 0 Å². The van der Waals surface area contributed by atoms with Crippen LogP contribution in [0.2, 0.25) is 0 Å². The van der Waals surface area contributed by atoms with E-state index in [2.05, 4.69) is 0 Å². The molecule has 1 atom stereocenters. The number of hydrogen-bond acceptors (Lipinski definition) is 6. The number of phenols is 1. The summed E-state index contributed by atoms with van der Waals surface area (Å²) in [5.74, 6) is -5.99. The molecule has 8 heteroatoms. The zero-order valence-corrected chi connectivity index (χ0v) is 12.9. The molecule has 0 saturated heterocycles. The number of hydrogen-bond donors (Lipinski definition) is 2. The van der Waals surface area contributed by atoms with E-state index in [0.29, 0.717) is 0 Å². The molecule has 24 heavy (non-hydrogen) atoms. The highest BCUT2D eigenvalue weighted by Gasteiger charge is 2.39. The third-order valence-corrected chi connectivity index (χ3v) is 3.50. The normalized spacial score (nSPS) is 17.4. The van der Waals surface area contributed by atoms with Gasteiger partial charge in [0, 0.05) is 5.56 Å². The van der Waals surface area contributed by atoms with Crippen LogP contribution >= 0.6 is 0 Å². The molecule has 3 N–H and O–H groups in total. The predicted octanol–water partition coefficient (Wildman–Crippen LogP) is 2.32. The minimum absolute atomic E-state index is 0.0149. The third kappa shape index (κ3) is 2.76. The number of nitriles is 1. The first-order valence-corrected chi connectivity index (χ1v) is 6.95. The van der Waals surface area contributed by atoms with Crippen LogP contribution in [-0.2, 0) is 14.3 Å². The summed E-state index contributed by atoms with van der Waals surface area (Å²) in [6, 6.07) is 3.36. The Morgan fingerprint density at radius 3 is 2.75 bits per heavy atom. The SMILES string of the molecule is CCOC(=O)C1=C(C)OC(N)=C(C#N)C1c1c(O)ccc(F)c1F. The molecule has 0 fully saturated rings. The van der Waals surface area contributed by atoms with Gasteiger partial charge >= 0.3 is 5.97 Å². The Hall–Kier alpha value is -3.08. The van der Waals surface area contributed by atoms with E-state index >= 15 is 0 Å². The first kappa shape index (κ1) is 17.3. The van der Waals surface area contributed by atoms with Gasteiger partial charge in [-0.3, -0.25) is 0 Å². The van der Waals surface area contributed by atoms with Crippen LogP contribution < -0.4 is 5.73 Å².